The second-order valence-corrected chi connectivity index (χ2v) is 5.13. The summed E-state index contributed by atoms with van der Waals surface area (Å²) in [6.07, 6.45) is 1.19. The van der Waals surface area contributed by atoms with Gasteiger partial charge in [0.2, 0.25) is 0 Å². The molecule has 0 aromatic carbocycles. The van der Waals surface area contributed by atoms with Crippen LogP contribution in [-0.4, -0.2) is 13.4 Å². The Kier molecular flexibility index (Phi) is 4.47. The lowest BCUT2D eigenvalue weighted by Crippen LogP contribution is -1.90. The topological polar surface area (TPSA) is 47.0 Å². The number of aromatic nitrogens is 1. The first-order valence-corrected chi connectivity index (χ1v) is 5.66. The van der Waals surface area contributed by atoms with Crippen LogP contribution in [0.15, 0.2) is 27.8 Å². The van der Waals surface area contributed by atoms with Crippen LogP contribution in [0.3, 0.4) is 0 Å². The van der Waals surface area contributed by atoms with Crippen molar-refractivity contribution in [3.63, 3.8) is 0 Å². The van der Waals surface area contributed by atoms with E-state index in [1.165, 1.54) is 18.3 Å². The van der Waals surface area contributed by atoms with Crippen molar-refractivity contribution < 1.29 is 8.42 Å². The largest absolute Gasteiger partial charge is 0.262 e. The second kappa shape index (κ2) is 4.41. The van der Waals surface area contributed by atoms with Crippen molar-refractivity contribution in [3.8, 4) is 0 Å². The molecule has 1 aromatic rings. The fourth-order valence-corrected chi connectivity index (χ4v) is 1.42. The number of halogens is 3. The lowest BCUT2D eigenvalue weighted by atomic mass is 10.5. The van der Waals surface area contributed by atoms with Crippen molar-refractivity contribution >= 4 is 48.1 Å². The molecule has 0 unspecified atom stereocenters. The van der Waals surface area contributed by atoms with Gasteiger partial charge in [0.15, 0.2) is 0 Å². The van der Waals surface area contributed by atoms with E-state index in [0.29, 0.717) is 4.60 Å². The molecular formula is C5H4BrCl2NO2S. The molecule has 0 fully saturated rings. The van der Waals surface area contributed by atoms with Gasteiger partial charge in [0, 0.05) is 16.9 Å². The van der Waals surface area contributed by atoms with Crippen LogP contribution in [0, 0.1) is 0 Å². The van der Waals surface area contributed by atoms with Crippen molar-refractivity contribution in [1.82, 2.24) is 4.98 Å². The van der Waals surface area contributed by atoms with Crippen molar-refractivity contribution in [2.24, 2.45) is 0 Å². The summed E-state index contributed by atoms with van der Waals surface area (Å²) in [5.41, 5.74) is 0. The molecule has 12 heavy (non-hydrogen) atoms. The van der Waals surface area contributed by atoms with Gasteiger partial charge < -0.3 is 0 Å². The van der Waals surface area contributed by atoms with Crippen molar-refractivity contribution in [3.05, 3.63) is 22.9 Å². The van der Waals surface area contributed by atoms with Gasteiger partial charge in [-0.05, 0) is 28.1 Å². The summed E-state index contributed by atoms with van der Waals surface area (Å²) in [5, 5.41) is 0. The van der Waals surface area contributed by atoms with Crippen LogP contribution in [-0.2, 0) is 9.05 Å². The molecule has 0 saturated heterocycles. The summed E-state index contributed by atoms with van der Waals surface area (Å²) in [5.74, 6) is 0. The van der Waals surface area contributed by atoms with E-state index in [2.05, 4.69) is 20.9 Å². The molecular weight excluding hydrogens is 289 g/mol. The third kappa shape index (κ3) is 3.26. The zero-order valence-corrected chi connectivity index (χ0v) is 9.54. The van der Waals surface area contributed by atoms with Crippen LogP contribution in [0.1, 0.15) is 0 Å². The zero-order chi connectivity index (χ0) is 8.48. The molecule has 1 rings (SSSR count). The van der Waals surface area contributed by atoms with Gasteiger partial charge in [-0.25, -0.2) is 13.4 Å². The highest BCUT2D eigenvalue weighted by Gasteiger charge is 2.08. The van der Waals surface area contributed by atoms with E-state index < -0.39 is 9.05 Å². The number of hydrogen-bond acceptors (Lipinski definition) is 3. The lowest BCUT2D eigenvalue weighted by molar-refractivity contribution is 0.609. The normalized spacial score (nSPS) is 10.5. The third-order valence-corrected chi connectivity index (χ3v) is 2.79. The first-order chi connectivity index (χ1) is 5.00. The minimum absolute atomic E-state index is 0. The Balaban J connectivity index is 0.00000121. The molecule has 68 valence electrons. The summed E-state index contributed by atoms with van der Waals surface area (Å²) < 4.78 is 21.9. The van der Waals surface area contributed by atoms with Crippen molar-refractivity contribution in [2.45, 2.75) is 4.90 Å². The Morgan fingerprint density at radius 1 is 1.42 bits per heavy atom. The first kappa shape index (κ1) is 12.2. The number of hydrogen-bond donors (Lipinski definition) is 0. The van der Waals surface area contributed by atoms with Crippen molar-refractivity contribution in [1.29, 1.82) is 0 Å². The maximum absolute atomic E-state index is 10.7. The molecule has 1 heterocycles. The highest BCUT2D eigenvalue weighted by molar-refractivity contribution is 9.10. The first-order valence-electron chi connectivity index (χ1n) is 2.56. The van der Waals surface area contributed by atoms with E-state index in [1.54, 1.807) is 0 Å². The van der Waals surface area contributed by atoms with Gasteiger partial charge in [-0.15, -0.1) is 12.4 Å². The predicted octanol–water partition coefficient (Wildman–Crippen LogP) is 2.19. The van der Waals surface area contributed by atoms with E-state index >= 15 is 0 Å². The highest BCUT2D eigenvalue weighted by Crippen LogP contribution is 2.14. The van der Waals surface area contributed by atoms with E-state index in [-0.39, 0.29) is 17.3 Å². The van der Waals surface area contributed by atoms with Crippen LogP contribution in [0.2, 0.25) is 0 Å². The Labute approximate surface area is 89.1 Å². The molecule has 0 aliphatic heterocycles. The SMILES string of the molecule is Cl.O=S(=O)(Cl)c1ccc(Br)nc1. The van der Waals surface area contributed by atoms with E-state index in [9.17, 15) is 8.42 Å². The monoisotopic (exact) mass is 291 g/mol. The van der Waals surface area contributed by atoms with Crippen LogP contribution < -0.4 is 0 Å². The fraction of sp³-hybridized carbons (Fsp3) is 0. The number of pyridine rings is 1. The highest BCUT2D eigenvalue weighted by atomic mass is 79.9. The fourth-order valence-electron chi connectivity index (χ4n) is 0.506. The van der Waals surface area contributed by atoms with Gasteiger partial charge in [-0.3, -0.25) is 0 Å². The Morgan fingerprint density at radius 3 is 2.33 bits per heavy atom. The summed E-state index contributed by atoms with van der Waals surface area (Å²) in [7, 11) is 1.40. The number of nitrogens with zero attached hydrogens (tertiary/aromatic N) is 1. The third-order valence-electron chi connectivity index (χ3n) is 0.982. The number of rotatable bonds is 1. The molecule has 0 amide bonds. The molecule has 0 spiro atoms. The van der Waals surface area contributed by atoms with Crippen LogP contribution in [0.4, 0.5) is 0 Å². The molecule has 0 saturated carbocycles. The van der Waals surface area contributed by atoms with E-state index in [1.807, 2.05) is 0 Å². The van der Waals surface area contributed by atoms with Crippen LogP contribution in [0.25, 0.3) is 0 Å². The minimum atomic E-state index is -3.63. The van der Waals surface area contributed by atoms with Gasteiger partial charge in [0.05, 0.1) is 0 Å². The van der Waals surface area contributed by atoms with Gasteiger partial charge in [0.1, 0.15) is 9.50 Å². The van der Waals surface area contributed by atoms with Gasteiger partial charge in [0.25, 0.3) is 9.05 Å². The summed E-state index contributed by atoms with van der Waals surface area (Å²) in [6, 6.07) is 2.88. The molecule has 0 bridgehead atoms. The summed E-state index contributed by atoms with van der Waals surface area (Å²) >= 11 is 3.06. The van der Waals surface area contributed by atoms with Gasteiger partial charge in [-0.1, -0.05) is 0 Å². The Bertz CT molecular complexity index is 350. The van der Waals surface area contributed by atoms with E-state index in [0.717, 1.165) is 0 Å². The average molecular weight is 293 g/mol. The summed E-state index contributed by atoms with van der Waals surface area (Å²) in [6.45, 7) is 0. The summed E-state index contributed by atoms with van der Waals surface area (Å²) in [4.78, 5) is 3.70. The minimum Gasteiger partial charge on any atom is -0.248 e. The average Bonchev–Trinajstić information content (AvgIpc) is 1.86. The van der Waals surface area contributed by atoms with Gasteiger partial charge in [-0.2, -0.15) is 0 Å². The molecule has 0 radical (unpaired) electrons. The molecule has 0 N–H and O–H groups in total. The van der Waals surface area contributed by atoms with E-state index in [4.69, 9.17) is 10.7 Å². The molecule has 7 heteroatoms. The lowest BCUT2D eigenvalue weighted by Gasteiger charge is -1.93. The molecule has 0 atom stereocenters. The standard InChI is InChI=1S/C5H3BrClNO2S.ClH/c6-5-2-1-4(3-8-5)11(7,9)10;/h1-3H;1H. The predicted molar refractivity (Wildman–Crippen MR) is 52.2 cm³/mol. The Hall–Kier alpha value is 0.160. The van der Waals surface area contributed by atoms with Crippen LogP contribution in [0.5, 0.6) is 0 Å². The molecule has 3 nitrogen and oxygen atoms in total. The quantitative estimate of drug-likeness (QED) is 0.589. The zero-order valence-electron chi connectivity index (χ0n) is 5.57. The second-order valence-electron chi connectivity index (χ2n) is 1.75. The van der Waals surface area contributed by atoms with Gasteiger partial charge >= 0.3 is 0 Å². The van der Waals surface area contributed by atoms with Crippen LogP contribution >= 0.6 is 39.0 Å². The molecule has 1 aromatic heterocycles. The maximum atomic E-state index is 10.7. The maximum Gasteiger partial charge on any atom is 0.262 e. The Morgan fingerprint density at radius 2 is 2.00 bits per heavy atom. The van der Waals surface area contributed by atoms with Crippen molar-refractivity contribution in [2.75, 3.05) is 0 Å². The molecule has 0 aliphatic carbocycles. The smallest absolute Gasteiger partial charge is 0.248 e. The molecule has 0 aliphatic rings.